The Bertz CT molecular complexity index is 609. The predicted octanol–water partition coefficient (Wildman–Crippen LogP) is 3.41. The highest BCUT2D eigenvalue weighted by Gasteiger charge is 2.31. The van der Waals surface area contributed by atoms with Crippen molar-refractivity contribution in [2.75, 3.05) is 5.32 Å². The monoisotopic (exact) mass is 317 g/mol. The number of alkyl halides is 3. The van der Waals surface area contributed by atoms with Gasteiger partial charge in [-0.1, -0.05) is 12.2 Å². The number of aromatic nitrogens is 1. The molecule has 0 aliphatic carbocycles. The van der Waals surface area contributed by atoms with Crippen molar-refractivity contribution >= 4 is 34.2 Å². The average Bonchev–Trinajstić information content (AvgIpc) is 2.88. The fraction of sp³-hybridized carbons (Fsp3) is 0.167. The molecule has 0 amide bonds. The number of hydrogen-bond donors (Lipinski definition) is 2. The average molecular weight is 317 g/mol. The summed E-state index contributed by atoms with van der Waals surface area (Å²) < 4.78 is 38.0. The number of rotatable bonds is 4. The van der Waals surface area contributed by atoms with E-state index in [0.717, 1.165) is 17.0 Å². The van der Waals surface area contributed by atoms with Crippen molar-refractivity contribution in [3.63, 3.8) is 0 Å². The summed E-state index contributed by atoms with van der Waals surface area (Å²) in [6, 6.07) is 3.28. The van der Waals surface area contributed by atoms with E-state index >= 15 is 0 Å². The van der Waals surface area contributed by atoms with Crippen LogP contribution in [0.5, 0.6) is 0 Å². The van der Waals surface area contributed by atoms with Crippen LogP contribution in [-0.4, -0.2) is 9.97 Å². The number of thiazole rings is 1. The largest absolute Gasteiger partial charge is 0.416 e. The molecule has 0 bridgehead atoms. The van der Waals surface area contributed by atoms with Crippen LogP contribution in [0.3, 0.4) is 0 Å². The molecule has 2 rings (SSSR count). The van der Waals surface area contributed by atoms with E-state index in [-0.39, 0.29) is 10.6 Å². The molecule has 106 valence electrons. The van der Waals surface area contributed by atoms with Gasteiger partial charge in [-0.15, -0.1) is 11.3 Å². The lowest BCUT2D eigenvalue weighted by molar-refractivity contribution is -0.137. The van der Waals surface area contributed by atoms with E-state index in [4.69, 9.17) is 18.0 Å². The molecule has 8 heteroatoms. The molecule has 0 aliphatic rings. The Kier molecular flexibility index (Phi) is 4.24. The highest BCUT2D eigenvalue weighted by molar-refractivity contribution is 7.80. The summed E-state index contributed by atoms with van der Waals surface area (Å²) in [5.74, 6) is 0. The lowest BCUT2D eigenvalue weighted by atomic mass is 10.1. The second-order valence-electron chi connectivity index (χ2n) is 3.94. The smallest absolute Gasteiger partial charge is 0.389 e. The maximum Gasteiger partial charge on any atom is 0.416 e. The third-order valence-corrected chi connectivity index (χ3v) is 3.55. The Labute approximate surface area is 122 Å². The van der Waals surface area contributed by atoms with Crippen LogP contribution in [-0.2, 0) is 12.7 Å². The van der Waals surface area contributed by atoms with Crippen LogP contribution < -0.4 is 11.1 Å². The Morgan fingerprint density at radius 1 is 1.40 bits per heavy atom. The van der Waals surface area contributed by atoms with Crippen LogP contribution in [0, 0.1) is 0 Å². The zero-order chi connectivity index (χ0) is 14.8. The molecule has 0 radical (unpaired) electrons. The minimum Gasteiger partial charge on any atom is -0.389 e. The Balaban J connectivity index is 2.26. The first-order valence-corrected chi connectivity index (χ1v) is 6.79. The third-order valence-electron chi connectivity index (χ3n) is 2.55. The van der Waals surface area contributed by atoms with Gasteiger partial charge in [-0.25, -0.2) is 0 Å². The van der Waals surface area contributed by atoms with Gasteiger partial charge in [0.05, 0.1) is 17.6 Å². The summed E-state index contributed by atoms with van der Waals surface area (Å²) in [6.45, 7) is 0.450. The van der Waals surface area contributed by atoms with Gasteiger partial charge in [0.2, 0.25) is 0 Å². The van der Waals surface area contributed by atoms with Crippen LogP contribution >= 0.6 is 23.6 Å². The van der Waals surface area contributed by atoms with Gasteiger partial charge in [-0.3, -0.25) is 4.98 Å². The fourth-order valence-electron chi connectivity index (χ4n) is 1.59. The van der Waals surface area contributed by atoms with Crippen molar-refractivity contribution in [3.8, 4) is 0 Å². The number of thiocarbonyl (C=S) groups is 1. The van der Waals surface area contributed by atoms with E-state index in [1.165, 1.54) is 17.4 Å². The van der Waals surface area contributed by atoms with Crippen LogP contribution in [0.15, 0.2) is 29.9 Å². The summed E-state index contributed by atoms with van der Waals surface area (Å²) in [7, 11) is 0. The molecule has 1 aromatic carbocycles. The van der Waals surface area contributed by atoms with Crippen molar-refractivity contribution in [1.29, 1.82) is 0 Å². The van der Waals surface area contributed by atoms with Gasteiger partial charge in [0.15, 0.2) is 0 Å². The minimum atomic E-state index is -4.42. The number of halogens is 3. The molecule has 1 heterocycles. The van der Waals surface area contributed by atoms with Crippen LogP contribution in [0.1, 0.15) is 16.0 Å². The predicted molar refractivity (Wildman–Crippen MR) is 76.8 cm³/mol. The maximum atomic E-state index is 12.7. The number of benzene rings is 1. The van der Waals surface area contributed by atoms with E-state index in [1.54, 1.807) is 11.7 Å². The number of nitrogens with zero attached hydrogens (tertiary/aromatic N) is 1. The van der Waals surface area contributed by atoms with Gasteiger partial charge in [-0.2, -0.15) is 13.2 Å². The number of anilines is 1. The first-order chi connectivity index (χ1) is 9.38. The van der Waals surface area contributed by atoms with E-state index in [0.29, 0.717) is 12.2 Å². The quantitative estimate of drug-likeness (QED) is 0.849. The van der Waals surface area contributed by atoms with Gasteiger partial charge in [0.25, 0.3) is 0 Å². The Morgan fingerprint density at radius 2 is 2.15 bits per heavy atom. The standard InChI is InChI=1S/C12H10F3N3S2/c13-12(14,15)7-1-2-10(9(3-7)11(16)19)18-5-8-4-17-6-20-8/h1-4,6,18H,5H2,(H2,16,19). The Hall–Kier alpha value is -1.67. The van der Waals surface area contributed by atoms with Gasteiger partial charge in [-0.05, 0) is 18.2 Å². The second kappa shape index (κ2) is 5.76. The van der Waals surface area contributed by atoms with Crippen LogP contribution in [0.25, 0.3) is 0 Å². The van der Waals surface area contributed by atoms with Gasteiger partial charge in [0.1, 0.15) is 4.99 Å². The molecule has 3 nitrogen and oxygen atoms in total. The molecule has 0 saturated carbocycles. The highest BCUT2D eigenvalue weighted by Crippen LogP contribution is 2.32. The first kappa shape index (κ1) is 14.7. The van der Waals surface area contributed by atoms with E-state index in [1.807, 2.05) is 0 Å². The third kappa shape index (κ3) is 3.45. The lowest BCUT2D eigenvalue weighted by Gasteiger charge is -2.14. The molecule has 1 aromatic heterocycles. The van der Waals surface area contributed by atoms with Gasteiger partial charge < -0.3 is 11.1 Å². The summed E-state index contributed by atoms with van der Waals surface area (Å²) in [6.07, 6.45) is -2.74. The topological polar surface area (TPSA) is 50.9 Å². The highest BCUT2D eigenvalue weighted by atomic mass is 32.1. The van der Waals surface area contributed by atoms with Crippen molar-refractivity contribution < 1.29 is 13.2 Å². The van der Waals surface area contributed by atoms with Crippen LogP contribution in [0.4, 0.5) is 18.9 Å². The number of nitrogens with two attached hydrogens (primary N) is 1. The van der Waals surface area contributed by atoms with E-state index in [9.17, 15) is 13.2 Å². The molecule has 0 aliphatic heterocycles. The number of hydrogen-bond acceptors (Lipinski definition) is 4. The van der Waals surface area contributed by atoms with Crippen molar-refractivity contribution in [2.24, 2.45) is 5.73 Å². The molecule has 0 spiro atoms. The van der Waals surface area contributed by atoms with Gasteiger partial charge >= 0.3 is 6.18 Å². The molecule has 2 aromatic rings. The molecular formula is C12H10F3N3S2. The summed E-state index contributed by atoms with van der Waals surface area (Å²) in [5, 5.41) is 3.01. The lowest BCUT2D eigenvalue weighted by Crippen LogP contribution is -2.15. The molecule has 0 saturated heterocycles. The van der Waals surface area contributed by atoms with Crippen molar-refractivity contribution in [3.05, 3.63) is 45.9 Å². The molecule has 0 atom stereocenters. The zero-order valence-electron chi connectivity index (χ0n) is 10.1. The second-order valence-corrected chi connectivity index (χ2v) is 5.35. The minimum absolute atomic E-state index is 0.0806. The van der Waals surface area contributed by atoms with E-state index in [2.05, 4.69) is 10.3 Å². The van der Waals surface area contributed by atoms with Crippen molar-refractivity contribution in [2.45, 2.75) is 12.7 Å². The first-order valence-electron chi connectivity index (χ1n) is 5.50. The number of nitrogens with one attached hydrogen (secondary N) is 1. The van der Waals surface area contributed by atoms with Crippen LogP contribution in [0.2, 0.25) is 0 Å². The molecular weight excluding hydrogens is 307 g/mol. The normalized spacial score (nSPS) is 11.3. The summed E-state index contributed by atoms with van der Waals surface area (Å²) in [4.78, 5) is 4.79. The molecule has 3 N–H and O–H groups in total. The summed E-state index contributed by atoms with van der Waals surface area (Å²) >= 11 is 6.25. The molecule has 0 fully saturated rings. The summed E-state index contributed by atoms with van der Waals surface area (Å²) in [5.41, 5.74) is 7.05. The van der Waals surface area contributed by atoms with Gasteiger partial charge in [0, 0.05) is 22.3 Å². The SMILES string of the molecule is NC(=S)c1cc(C(F)(F)F)ccc1NCc1cncs1. The van der Waals surface area contributed by atoms with Crippen molar-refractivity contribution in [1.82, 2.24) is 4.98 Å². The molecule has 20 heavy (non-hydrogen) atoms. The fourth-order valence-corrected chi connectivity index (χ4v) is 2.29. The molecule has 0 unspecified atom stereocenters. The zero-order valence-corrected chi connectivity index (χ0v) is 11.7. The Morgan fingerprint density at radius 3 is 2.70 bits per heavy atom. The van der Waals surface area contributed by atoms with E-state index < -0.39 is 11.7 Å². The maximum absolute atomic E-state index is 12.7.